The first-order valence-corrected chi connectivity index (χ1v) is 5.51. The Bertz CT molecular complexity index is 800. The summed E-state index contributed by atoms with van der Waals surface area (Å²) in [5.74, 6) is -2.87. The third kappa shape index (κ3) is 1.81. The number of benzene rings is 2. The van der Waals surface area contributed by atoms with E-state index in [0.717, 1.165) is 10.8 Å². The van der Waals surface area contributed by atoms with Gasteiger partial charge in [0.15, 0.2) is 5.75 Å². The normalized spacial score (nSPS) is 10.7. The Kier molecular flexibility index (Phi) is 2.45. The van der Waals surface area contributed by atoms with Crippen molar-refractivity contribution in [3.8, 4) is 5.75 Å². The van der Waals surface area contributed by atoms with Gasteiger partial charge in [0, 0.05) is 0 Å². The number of fused-ring (bicyclic) bond motifs is 3. The molecule has 1 heterocycles. The summed E-state index contributed by atoms with van der Waals surface area (Å²) in [7, 11) is 0. The summed E-state index contributed by atoms with van der Waals surface area (Å²) < 4.78 is 10.1. The topological polar surface area (TPSA) is 76.7 Å². The lowest BCUT2D eigenvalue weighted by Crippen LogP contribution is -2.19. The van der Waals surface area contributed by atoms with Crippen molar-refractivity contribution in [2.75, 3.05) is 0 Å². The zero-order chi connectivity index (χ0) is 13.4. The van der Waals surface area contributed by atoms with Crippen molar-refractivity contribution in [1.82, 2.24) is 0 Å². The minimum absolute atomic E-state index is 0.110. The minimum atomic E-state index is -1.64. The standard InChI is InChI=1S/C14H8O5/c15-13(16)14(17)19-11-7-18-10-6-5-8-3-1-2-4-9(8)12(10)11/h1-7H,(H,15,16). The summed E-state index contributed by atoms with van der Waals surface area (Å²) in [6.45, 7) is 0. The maximum atomic E-state index is 11.1. The summed E-state index contributed by atoms with van der Waals surface area (Å²) in [6.07, 6.45) is 1.23. The zero-order valence-corrected chi connectivity index (χ0v) is 9.62. The molecule has 3 aromatic rings. The van der Waals surface area contributed by atoms with Crippen molar-refractivity contribution in [3.05, 3.63) is 42.7 Å². The van der Waals surface area contributed by atoms with Crippen LogP contribution in [-0.4, -0.2) is 17.0 Å². The van der Waals surface area contributed by atoms with E-state index in [1.807, 2.05) is 30.3 Å². The smallest absolute Gasteiger partial charge is 0.422 e. The molecule has 0 saturated carbocycles. The Morgan fingerprint density at radius 3 is 2.68 bits per heavy atom. The lowest BCUT2D eigenvalue weighted by molar-refractivity contribution is -0.158. The number of furan rings is 1. The number of rotatable bonds is 1. The van der Waals surface area contributed by atoms with E-state index in [2.05, 4.69) is 0 Å². The maximum Gasteiger partial charge on any atom is 0.422 e. The molecule has 1 N–H and O–H groups in total. The second-order valence-electron chi connectivity index (χ2n) is 3.95. The average Bonchev–Trinajstić information content (AvgIpc) is 2.82. The first-order valence-electron chi connectivity index (χ1n) is 5.51. The fourth-order valence-electron chi connectivity index (χ4n) is 2.00. The van der Waals surface area contributed by atoms with E-state index < -0.39 is 11.9 Å². The van der Waals surface area contributed by atoms with Crippen LogP contribution in [0.5, 0.6) is 5.75 Å². The Morgan fingerprint density at radius 1 is 1.11 bits per heavy atom. The summed E-state index contributed by atoms with van der Waals surface area (Å²) >= 11 is 0. The Labute approximate surface area is 107 Å². The number of esters is 1. The predicted molar refractivity (Wildman–Crippen MR) is 67.0 cm³/mol. The molecule has 2 aromatic carbocycles. The minimum Gasteiger partial charge on any atom is -0.473 e. The third-order valence-corrected chi connectivity index (χ3v) is 2.81. The van der Waals surface area contributed by atoms with Gasteiger partial charge in [-0.05, 0) is 16.8 Å². The second kappa shape index (κ2) is 4.13. The molecule has 5 heteroatoms. The highest BCUT2D eigenvalue weighted by molar-refractivity contribution is 6.29. The van der Waals surface area contributed by atoms with Crippen LogP contribution in [0.2, 0.25) is 0 Å². The number of carbonyl (C=O) groups excluding carboxylic acids is 1. The van der Waals surface area contributed by atoms with Crippen LogP contribution >= 0.6 is 0 Å². The van der Waals surface area contributed by atoms with Gasteiger partial charge >= 0.3 is 11.9 Å². The van der Waals surface area contributed by atoms with Crippen LogP contribution < -0.4 is 4.74 Å². The molecule has 0 atom stereocenters. The van der Waals surface area contributed by atoms with Crippen molar-refractivity contribution >= 4 is 33.7 Å². The molecule has 0 aliphatic heterocycles. The first kappa shape index (κ1) is 11.3. The van der Waals surface area contributed by atoms with Crippen molar-refractivity contribution in [3.63, 3.8) is 0 Å². The molecule has 1 aromatic heterocycles. The Morgan fingerprint density at radius 2 is 1.89 bits per heavy atom. The molecule has 0 aliphatic rings. The van der Waals surface area contributed by atoms with E-state index in [0.29, 0.717) is 11.0 Å². The molecule has 0 fully saturated rings. The molecule has 0 unspecified atom stereocenters. The molecule has 94 valence electrons. The number of carboxylic acids is 1. The Balaban J connectivity index is 2.23. The first-order chi connectivity index (χ1) is 9.16. The molecule has 0 aliphatic carbocycles. The monoisotopic (exact) mass is 256 g/mol. The van der Waals surface area contributed by atoms with Gasteiger partial charge in [0.25, 0.3) is 0 Å². The highest BCUT2D eigenvalue weighted by Gasteiger charge is 2.18. The van der Waals surface area contributed by atoms with Crippen LogP contribution in [0.4, 0.5) is 0 Å². The highest BCUT2D eigenvalue weighted by Crippen LogP contribution is 2.34. The molecular formula is C14H8O5. The van der Waals surface area contributed by atoms with Crippen LogP contribution in [0.1, 0.15) is 0 Å². The van der Waals surface area contributed by atoms with E-state index in [9.17, 15) is 9.59 Å². The van der Waals surface area contributed by atoms with Gasteiger partial charge in [-0.1, -0.05) is 30.3 Å². The van der Waals surface area contributed by atoms with Crippen LogP contribution in [0.25, 0.3) is 21.7 Å². The average molecular weight is 256 g/mol. The van der Waals surface area contributed by atoms with E-state index in [1.165, 1.54) is 6.26 Å². The van der Waals surface area contributed by atoms with Crippen molar-refractivity contribution in [2.24, 2.45) is 0 Å². The lowest BCUT2D eigenvalue weighted by atomic mass is 10.1. The van der Waals surface area contributed by atoms with Gasteiger partial charge in [-0.2, -0.15) is 0 Å². The fourth-order valence-corrected chi connectivity index (χ4v) is 2.00. The summed E-state index contributed by atoms with van der Waals surface area (Å²) in [4.78, 5) is 21.6. The summed E-state index contributed by atoms with van der Waals surface area (Å²) in [5.41, 5.74) is 0.534. The number of carbonyl (C=O) groups is 2. The van der Waals surface area contributed by atoms with Gasteiger partial charge in [-0.15, -0.1) is 0 Å². The Hall–Kier alpha value is -2.82. The quantitative estimate of drug-likeness (QED) is 0.535. The molecule has 3 rings (SSSR count). The van der Waals surface area contributed by atoms with Gasteiger partial charge in [-0.25, -0.2) is 9.59 Å². The van der Waals surface area contributed by atoms with Gasteiger partial charge in [0.2, 0.25) is 0 Å². The fraction of sp³-hybridized carbons (Fsp3) is 0. The summed E-state index contributed by atoms with van der Waals surface area (Å²) in [5, 5.41) is 10.9. The van der Waals surface area contributed by atoms with Crippen LogP contribution in [0.3, 0.4) is 0 Å². The molecule has 0 spiro atoms. The SMILES string of the molecule is O=C(O)C(=O)Oc1coc2ccc3ccccc3c12. The van der Waals surface area contributed by atoms with E-state index in [1.54, 1.807) is 6.07 Å². The number of aliphatic carboxylic acids is 1. The van der Waals surface area contributed by atoms with Gasteiger partial charge in [-0.3, -0.25) is 0 Å². The van der Waals surface area contributed by atoms with Crippen LogP contribution in [-0.2, 0) is 9.59 Å². The van der Waals surface area contributed by atoms with Crippen LogP contribution in [0, 0.1) is 0 Å². The van der Waals surface area contributed by atoms with E-state index >= 15 is 0 Å². The van der Waals surface area contributed by atoms with E-state index in [4.69, 9.17) is 14.3 Å². The number of ether oxygens (including phenoxy) is 1. The van der Waals surface area contributed by atoms with E-state index in [-0.39, 0.29) is 5.75 Å². The van der Waals surface area contributed by atoms with Gasteiger partial charge in [0.1, 0.15) is 11.8 Å². The zero-order valence-electron chi connectivity index (χ0n) is 9.62. The van der Waals surface area contributed by atoms with Crippen molar-refractivity contribution in [2.45, 2.75) is 0 Å². The number of hydrogen-bond acceptors (Lipinski definition) is 4. The lowest BCUT2D eigenvalue weighted by Gasteiger charge is -2.01. The molecule has 0 saturated heterocycles. The molecule has 0 radical (unpaired) electrons. The van der Waals surface area contributed by atoms with Gasteiger partial charge in [0.05, 0.1) is 5.39 Å². The molecule has 0 bridgehead atoms. The van der Waals surface area contributed by atoms with Crippen LogP contribution in [0.15, 0.2) is 47.1 Å². The largest absolute Gasteiger partial charge is 0.473 e. The predicted octanol–water partition coefficient (Wildman–Crippen LogP) is 2.58. The third-order valence-electron chi connectivity index (χ3n) is 2.81. The molecule has 5 nitrogen and oxygen atoms in total. The van der Waals surface area contributed by atoms with Crippen molar-refractivity contribution in [1.29, 1.82) is 0 Å². The summed E-state index contributed by atoms with van der Waals surface area (Å²) in [6, 6.07) is 11.1. The maximum absolute atomic E-state index is 11.1. The second-order valence-corrected chi connectivity index (χ2v) is 3.95. The molecule has 19 heavy (non-hydrogen) atoms. The highest BCUT2D eigenvalue weighted by atomic mass is 16.6. The molecule has 0 amide bonds. The number of hydrogen-bond donors (Lipinski definition) is 1. The molecular weight excluding hydrogens is 248 g/mol. The van der Waals surface area contributed by atoms with Crippen molar-refractivity contribution < 1.29 is 23.8 Å². The van der Waals surface area contributed by atoms with Gasteiger partial charge < -0.3 is 14.3 Å². The number of carboxylic acid groups (broad SMARTS) is 1.